The van der Waals surface area contributed by atoms with Crippen LogP contribution in [0, 0.1) is 23.1 Å². The Labute approximate surface area is 177 Å². The van der Waals surface area contributed by atoms with Crippen LogP contribution in [0.25, 0.3) is 0 Å². The maximum absolute atomic E-state index is 15.0. The molecule has 1 aromatic carbocycles. The maximum Gasteiger partial charge on any atom is 0.322 e. The molecule has 0 aliphatic carbocycles. The molecule has 7 nitrogen and oxygen atoms in total. The Morgan fingerprint density at radius 1 is 1.45 bits per heavy atom. The average molecular weight is 433 g/mol. The number of rotatable bonds is 2. The first-order valence-corrected chi connectivity index (χ1v) is 10.1. The number of hydrogen-bond donors (Lipinski definition) is 2. The summed E-state index contributed by atoms with van der Waals surface area (Å²) in [7, 11) is 0. The van der Waals surface area contributed by atoms with E-state index in [0.29, 0.717) is 17.7 Å². The minimum Gasteiger partial charge on any atom is -0.396 e. The molecule has 0 saturated heterocycles. The van der Waals surface area contributed by atoms with Crippen molar-refractivity contribution in [2.75, 3.05) is 11.9 Å². The molecule has 4 rings (SSSR count). The van der Waals surface area contributed by atoms with Crippen LogP contribution < -0.4 is 5.32 Å². The molecule has 1 aromatic heterocycles. The van der Waals surface area contributed by atoms with E-state index in [9.17, 15) is 23.1 Å². The molecule has 2 aliphatic heterocycles. The summed E-state index contributed by atoms with van der Waals surface area (Å²) >= 11 is 0. The second-order valence-electron chi connectivity index (χ2n) is 8.17. The molecule has 0 unspecified atom stereocenters. The molecule has 164 valence electrons. The Bertz CT molecular complexity index is 1060. The zero-order valence-corrected chi connectivity index (χ0v) is 16.9. The number of nitrogens with zero attached hydrogens (tertiary/aromatic N) is 4. The van der Waals surface area contributed by atoms with Gasteiger partial charge in [-0.1, -0.05) is 0 Å². The van der Waals surface area contributed by atoms with Crippen molar-refractivity contribution in [2.45, 2.75) is 51.2 Å². The van der Waals surface area contributed by atoms with Gasteiger partial charge in [0.05, 0.1) is 17.8 Å². The van der Waals surface area contributed by atoms with Crippen molar-refractivity contribution in [1.82, 2.24) is 14.7 Å². The van der Waals surface area contributed by atoms with Crippen LogP contribution in [0.4, 0.5) is 23.7 Å². The lowest BCUT2D eigenvalue weighted by Crippen LogP contribution is -2.45. The van der Waals surface area contributed by atoms with Crippen LogP contribution in [0.2, 0.25) is 0 Å². The number of anilines is 1. The molecule has 31 heavy (non-hydrogen) atoms. The van der Waals surface area contributed by atoms with Gasteiger partial charge in [-0.3, -0.25) is 4.68 Å². The quantitative estimate of drug-likeness (QED) is 0.759. The van der Waals surface area contributed by atoms with Crippen LogP contribution in [0.1, 0.15) is 42.3 Å². The van der Waals surface area contributed by atoms with Gasteiger partial charge < -0.3 is 15.3 Å². The summed E-state index contributed by atoms with van der Waals surface area (Å²) in [4.78, 5) is 14.3. The molecule has 0 saturated carbocycles. The van der Waals surface area contributed by atoms with Gasteiger partial charge in [0.1, 0.15) is 17.6 Å². The number of hydrogen-bond acceptors (Lipinski definition) is 4. The highest BCUT2D eigenvalue weighted by molar-refractivity contribution is 5.90. The summed E-state index contributed by atoms with van der Waals surface area (Å²) in [6.07, 6.45) is 0.119. The van der Waals surface area contributed by atoms with Gasteiger partial charge in [-0.05, 0) is 31.5 Å². The van der Waals surface area contributed by atoms with Gasteiger partial charge in [0.25, 0.3) is 5.92 Å². The molecule has 2 N–H and O–H groups in total. The first kappa shape index (κ1) is 21.2. The third kappa shape index (κ3) is 3.85. The number of aliphatic hydroxyl groups is 1. The zero-order chi connectivity index (χ0) is 22.3. The standard InChI is InChI=1S/C21H22F3N5O2/c1-12-6-18-16(19-21(23,24)5-4-13(11-30)9-29(19)27-18)10-28(12)20(31)26-15-2-3-17(22)14(7-15)8-25/h2-3,7,12-13,30H,4-6,9-11H2,1H3,(H,26,31)/t12-,13+/m1/s1. The van der Waals surface area contributed by atoms with E-state index in [-0.39, 0.29) is 61.4 Å². The third-order valence-corrected chi connectivity index (χ3v) is 5.98. The fourth-order valence-electron chi connectivity index (χ4n) is 4.28. The van der Waals surface area contributed by atoms with Gasteiger partial charge in [-0.2, -0.15) is 19.1 Å². The number of fused-ring (bicyclic) bond motifs is 3. The number of benzene rings is 1. The van der Waals surface area contributed by atoms with Gasteiger partial charge in [-0.25, -0.2) is 9.18 Å². The number of aliphatic hydroxyl groups excluding tert-OH is 1. The summed E-state index contributed by atoms with van der Waals surface area (Å²) in [6, 6.07) is 4.53. The van der Waals surface area contributed by atoms with Crippen molar-refractivity contribution in [3.63, 3.8) is 0 Å². The lowest BCUT2D eigenvalue weighted by Gasteiger charge is -2.33. The highest BCUT2D eigenvalue weighted by Crippen LogP contribution is 2.42. The molecule has 10 heteroatoms. The van der Waals surface area contributed by atoms with Crippen LogP contribution in [0.15, 0.2) is 18.2 Å². The number of nitriles is 1. The Morgan fingerprint density at radius 2 is 2.23 bits per heavy atom. The smallest absolute Gasteiger partial charge is 0.322 e. The maximum atomic E-state index is 15.0. The van der Waals surface area contributed by atoms with Crippen molar-refractivity contribution in [2.24, 2.45) is 5.92 Å². The second kappa shape index (κ2) is 7.89. The van der Waals surface area contributed by atoms with Crippen molar-refractivity contribution in [3.05, 3.63) is 46.5 Å². The third-order valence-electron chi connectivity index (χ3n) is 5.98. The van der Waals surface area contributed by atoms with Gasteiger partial charge in [0.2, 0.25) is 0 Å². The SMILES string of the molecule is C[C@@H]1Cc2nn3c(c2CN1C(=O)Nc1ccc(F)c(C#N)c1)C(F)(F)CC[C@H](CO)C3. The number of alkyl halides is 2. The van der Waals surface area contributed by atoms with Crippen LogP contribution in [-0.4, -0.2) is 38.5 Å². The number of amides is 2. The second-order valence-corrected chi connectivity index (χ2v) is 8.17. The van der Waals surface area contributed by atoms with E-state index in [1.54, 1.807) is 13.0 Å². The Morgan fingerprint density at radius 3 is 2.94 bits per heavy atom. The molecule has 3 heterocycles. The number of carbonyl (C=O) groups excluding carboxylic acids is 1. The summed E-state index contributed by atoms with van der Waals surface area (Å²) < 4.78 is 44.7. The largest absolute Gasteiger partial charge is 0.396 e. The molecule has 0 radical (unpaired) electrons. The highest BCUT2D eigenvalue weighted by atomic mass is 19.3. The predicted octanol–water partition coefficient (Wildman–Crippen LogP) is 3.37. The van der Waals surface area contributed by atoms with E-state index in [0.717, 1.165) is 6.07 Å². The lowest BCUT2D eigenvalue weighted by molar-refractivity contribution is -0.0227. The van der Waals surface area contributed by atoms with E-state index in [1.165, 1.54) is 21.7 Å². The number of carbonyl (C=O) groups is 1. The number of aromatic nitrogens is 2. The minimum atomic E-state index is -3.11. The summed E-state index contributed by atoms with van der Waals surface area (Å²) in [5.74, 6) is -4.09. The Hall–Kier alpha value is -3.06. The molecular formula is C21H22F3N5O2. The van der Waals surface area contributed by atoms with E-state index >= 15 is 0 Å². The highest BCUT2D eigenvalue weighted by Gasteiger charge is 2.44. The molecule has 2 aliphatic rings. The molecule has 2 aromatic rings. The molecule has 2 atom stereocenters. The first-order chi connectivity index (χ1) is 14.7. The fraction of sp³-hybridized carbons (Fsp3) is 0.476. The molecule has 0 fully saturated rings. The summed E-state index contributed by atoms with van der Waals surface area (Å²) in [5.41, 5.74) is 0.737. The monoisotopic (exact) mass is 433 g/mol. The minimum absolute atomic E-state index is 0.0383. The Balaban J connectivity index is 1.62. The molecule has 2 amide bonds. The summed E-state index contributed by atoms with van der Waals surface area (Å²) in [6.45, 7) is 1.78. The van der Waals surface area contributed by atoms with Gasteiger partial charge >= 0.3 is 6.03 Å². The van der Waals surface area contributed by atoms with Crippen LogP contribution >= 0.6 is 0 Å². The number of nitrogens with one attached hydrogen (secondary N) is 1. The zero-order valence-electron chi connectivity index (χ0n) is 16.9. The topological polar surface area (TPSA) is 94.2 Å². The first-order valence-electron chi connectivity index (χ1n) is 10.1. The van der Waals surface area contributed by atoms with E-state index < -0.39 is 17.8 Å². The van der Waals surface area contributed by atoms with Crippen molar-refractivity contribution in [1.29, 1.82) is 5.26 Å². The van der Waals surface area contributed by atoms with E-state index in [2.05, 4.69) is 10.4 Å². The van der Waals surface area contributed by atoms with E-state index in [1.807, 2.05) is 0 Å². The number of urea groups is 1. The van der Waals surface area contributed by atoms with Crippen molar-refractivity contribution < 1.29 is 23.1 Å². The van der Waals surface area contributed by atoms with Crippen LogP contribution in [0.5, 0.6) is 0 Å². The van der Waals surface area contributed by atoms with Gasteiger partial charge in [-0.15, -0.1) is 0 Å². The molecular weight excluding hydrogens is 411 g/mol. The number of halogens is 3. The van der Waals surface area contributed by atoms with Gasteiger partial charge in [0, 0.05) is 49.2 Å². The molecule has 0 bridgehead atoms. The van der Waals surface area contributed by atoms with Crippen molar-refractivity contribution in [3.8, 4) is 6.07 Å². The van der Waals surface area contributed by atoms with Gasteiger partial charge in [0.15, 0.2) is 0 Å². The fourth-order valence-corrected chi connectivity index (χ4v) is 4.28. The van der Waals surface area contributed by atoms with Crippen LogP contribution in [-0.2, 0) is 25.4 Å². The predicted molar refractivity (Wildman–Crippen MR) is 105 cm³/mol. The normalized spacial score (nSPS) is 22.1. The van der Waals surface area contributed by atoms with Crippen molar-refractivity contribution >= 4 is 11.7 Å². The van der Waals surface area contributed by atoms with Crippen LogP contribution in [0.3, 0.4) is 0 Å². The Kier molecular flexibility index (Phi) is 5.39. The van der Waals surface area contributed by atoms with E-state index in [4.69, 9.17) is 5.26 Å². The molecule has 0 spiro atoms. The average Bonchev–Trinajstić information content (AvgIpc) is 3.02. The summed E-state index contributed by atoms with van der Waals surface area (Å²) in [5, 5.41) is 25.5. The lowest BCUT2D eigenvalue weighted by atomic mass is 9.96.